The Morgan fingerprint density at radius 3 is 3.03 bits per heavy atom. The second kappa shape index (κ2) is 8.27. The van der Waals surface area contributed by atoms with Gasteiger partial charge in [-0.3, -0.25) is 9.78 Å². The van der Waals surface area contributed by atoms with E-state index in [0.29, 0.717) is 24.5 Å². The van der Waals surface area contributed by atoms with Crippen LogP contribution in [0, 0.1) is 0 Å². The predicted molar refractivity (Wildman–Crippen MR) is 122 cm³/mol. The summed E-state index contributed by atoms with van der Waals surface area (Å²) in [6.07, 6.45) is 10.9. The van der Waals surface area contributed by atoms with E-state index in [1.165, 1.54) is 17.0 Å². The first-order chi connectivity index (χ1) is 16.2. The Hall–Kier alpha value is -3.24. The molecule has 33 heavy (non-hydrogen) atoms. The molecule has 0 amide bonds. The third kappa shape index (κ3) is 3.68. The lowest BCUT2D eigenvalue weighted by Crippen LogP contribution is -2.30. The average Bonchev–Trinajstić information content (AvgIpc) is 3.50. The number of aromatic amines is 1. The number of ether oxygens (including phenoxy) is 2. The SMILES string of the molecule is COC[C@H](C)Nc1ncc2c(-c3cnn(C4COC4)c3)cc(C3CCc4[nH]ncc4C3)n2n1. The van der Waals surface area contributed by atoms with Crippen molar-refractivity contribution in [1.29, 1.82) is 0 Å². The molecule has 1 saturated heterocycles. The quantitative estimate of drug-likeness (QED) is 0.447. The molecule has 0 saturated carbocycles. The molecule has 1 aliphatic heterocycles. The molecular weight excluding hydrogens is 420 g/mol. The number of methoxy groups -OCH3 is 1. The van der Waals surface area contributed by atoms with E-state index in [1.807, 2.05) is 23.3 Å². The number of hydrogen-bond acceptors (Lipinski definition) is 7. The van der Waals surface area contributed by atoms with E-state index in [2.05, 4.69) is 49.3 Å². The Labute approximate surface area is 191 Å². The number of hydrogen-bond donors (Lipinski definition) is 2. The van der Waals surface area contributed by atoms with Gasteiger partial charge in [0.1, 0.15) is 0 Å². The third-order valence-electron chi connectivity index (χ3n) is 6.68. The van der Waals surface area contributed by atoms with Gasteiger partial charge in [0.05, 0.1) is 50.0 Å². The van der Waals surface area contributed by atoms with Crippen molar-refractivity contribution in [3.05, 3.63) is 47.8 Å². The van der Waals surface area contributed by atoms with Crippen molar-refractivity contribution in [3.63, 3.8) is 0 Å². The van der Waals surface area contributed by atoms with Crippen LogP contribution in [0.3, 0.4) is 0 Å². The second-order valence-electron chi connectivity index (χ2n) is 9.08. The summed E-state index contributed by atoms with van der Waals surface area (Å²) in [4.78, 5) is 4.61. The Morgan fingerprint density at radius 2 is 2.21 bits per heavy atom. The summed E-state index contributed by atoms with van der Waals surface area (Å²) in [6, 6.07) is 2.69. The van der Waals surface area contributed by atoms with E-state index in [1.54, 1.807) is 7.11 Å². The van der Waals surface area contributed by atoms with Gasteiger partial charge in [0, 0.05) is 47.8 Å². The molecule has 1 fully saturated rings. The molecule has 2 aliphatic rings. The lowest BCUT2D eigenvalue weighted by Gasteiger charge is -2.25. The molecule has 6 rings (SSSR count). The first-order valence-electron chi connectivity index (χ1n) is 11.5. The van der Waals surface area contributed by atoms with Crippen molar-refractivity contribution in [3.8, 4) is 11.1 Å². The van der Waals surface area contributed by atoms with Crippen LogP contribution in [0.1, 0.15) is 42.3 Å². The minimum Gasteiger partial charge on any atom is -0.383 e. The number of nitrogens with one attached hydrogen (secondary N) is 2. The molecule has 10 heteroatoms. The van der Waals surface area contributed by atoms with Gasteiger partial charge in [-0.15, -0.1) is 5.10 Å². The topological polar surface area (TPSA) is 107 Å². The van der Waals surface area contributed by atoms with Gasteiger partial charge in [-0.2, -0.15) is 10.2 Å². The van der Waals surface area contributed by atoms with Crippen LogP contribution >= 0.6 is 0 Å². The van der Waals surface area contributed by atoms with Crippen LogP contribution < -0.4 is 5.32 Å². The number of nitrogens with zero attached hydrogens (tertiary/aromatic N) is 6. The van der Waals surface area contributed by atoms with E-state index in [9.17, 15) is 0 Å². The molecule has 172 valence electrons. The van der Waals surface area contributed by atoms with E-state index >= 15 is 0 Å². The molecule has 0 radical (unpaired) electrons. The number of aromatic nitrogens is 7. The largest absolute Gasteiger partial charge is 0.383 e. The number of aryl methyl sites for hydroxylation is 1. The lowest BCUT2D eigenvalue weighted by atomic mass is 9.85. The summed E-state index contributed by atoms with van der Waals surface area (Å²) >= 11 is 0. The van der Waals surface area contributed by atoms with Crippen LogP contribution in [0.25, 0.3) is 16.6 Å². The van der Waals surface area contributed by atoms with Crippen LogP contribution in [0.2, 0.25) is 0 Å². The minimum absolute atomic E-state index is 0.108. The maximum Gasteiger partial charge on any atom is 0.241 e. The molecule has 4 aromatic heterocycles. The maximum atomic E-state index is 5.33. The summed E-state index contributed by atoms with van der Waals surface area (Å²) < 4.78 is 14.6. The van der Waals surface area contributed by atoms with Gasteiger partial charge in [-0.25, -0.2) is 9.50 Å². The molecule has 2 atom stereocenters. The Balaban J connectivity index is 1.41. The van der Waals surface area contributed by atoms with Gasteiger partial charge in [0.25, 0.3) is 0 Å². The molecule has 1 aliphatic carbocycles. The standard InChI is InChI=1S/C23H28N8O2/c1-14(11-32-2)27-23-24-9-22-19(17-8-26-30(10-17)18-12-33-13-18)6-21(31(22)29-23)15-3-4-20-16(5-15)7-25-28-20/h6-10,14-15,18H,3-5,11-13H2,1-2H3,(H,25,28)(H,27,29)/t14-,15?/m0/s1. The van der Waals surface area contributed by atoms with Crippen molar-refractivity contribution < 1.29 is 9.47 Å². The van der Waals surface area contributed by atoms with Crippen molar-refractivity contribution in [2.75, 3.05) is 32.2 Å². The van der Waals surface area contributed by atoms with Crippen molar-refractivity contribution in [1.82, 2.24) is 34.6 Å². The van der Waals surface area contributed by atoms with Crippen molar-refractivity contribution >= 4 is 11.5 Å². The fraction of sp³-hybridized carbons (Fsp3) is 0.478. The first kappa shape index (κ1) is 20.4. The fourth-order valence-corrected chi connectivity index (χ4v) is 4.84. The number of fused-ring (bicyclic) bond motifs is 2. The molecule has 5 heterocycles. The van der Waals surface area contributed by atoms with Crippen LogP contribution in [-0.4, -0.2) is 67.5 Å². The Kier molecular flexibility index (Phi) is 5.11. The Morgan fingerprint density at radius 1 is 1.30 bits per heavy atom. The van der Waals surface area contributed by atoms with Gasteiger partial charge in [-0.1, -0.05) is 0 Å². The average molecular weight is 449 g/mol. The molecule has 0 spiro atoms. The molecule has 1 unspecified atom stereocenters. The summed E-state index contributed by atoms with van der Waals surface area (Å²) in [7, 11) is 1.70. The van der Waals surface area contributed by atoms with E-state index < -0.39 is 0 Å². The molecule has 0 bridgehead atoms. The van der Waals surface area contributed by atoms with Crippen molar-refractivity contribution in [2.24, 2.45) is 0 Å². The molecule has 10 nitrogen and oxygen atoms in total. The highest BCUT2D eigenvalue weighted by Crippen LogP contribution is 2.37. The van der Waals surface area contributed by atoms with E-state index in [0.717, 1.165) is 49.1 Å². The molecule has 4 aromatic rings. The van der Waals surface area contributed by atoms with E-state index in [4.69, 9.17) is 14.6 Å². The zero-order valence-electron chi connectivity index (χ0n) is 18.9. The number of anilines is 1. The lowest BCUT2D eigenvalue weighted by molar-refractivity contribution is -0.0286. The predicted octanol–water partition coefficient (Wildman–Crippen LogP) is 2.61. The summed E-state index contributed by atoms with van der Waals surface area (Å²) in [6.45, 7) is 4.08. The highest BCUT2D eigenvalue weighted by Gasteiger charge is 2.27. The molecule has 0 aromatic carbocycles. The fourth-order valence-electron chi connectivity index (χ4n) is 4.84. The smallest absolute Gasteiger partial charge is 0.241 e. The maximum absolute atomic E-state index is 5.33. The van der Waals surface area contributed by atoms with Crippen LogP contribution in [0.4, 0.5) is 5.95 Å². The monoisotopic (exact) mass is 448 g/mol. The van der Waals surface area contributed by atoms with Gasteiger partial charge < -0.3 is 14.8 Å². The van der Waals surface area contributed by atoms with Gasteiger partial charge in [-0.05, 0) is 37.8 Å². The van der Waals surface area contributed by atoms with Crippen LogP contribution in [0.15, 0.2) is 30.9 Å². The van der Waals surface area contributed by atoms with Gasteiger partial charge in [0.15, 0.2) is 0 Å². The highest BCUT2D eigenvalue weighted by molar-refractivity contribution is 5.81. The zero-order chi connectivity index (χ0) is 22.4. The third-order valence-corrected chi connectivity index (χ3v) is 6.68. The number of H-pyrrole nitrogens is 1. The summed E-state index contributed by atoms with van der Waals surface area (Å²) in [5, 5.41) is 20.2. The molecular formula is C23H28N8O2. The number of rotatable bonds is 7. The summed E-state index contributed by atoms with van der Waals surface area (Å²) in [5.74, 6) is 0.947. The highest BCUT2D eigenvalue weighted by atomic mass is 16.5. The summed E-state index contributed by atoms with van der Waals surface area (Å²) in [5.41, 5.74) is 6.89. The van der Waals surface area contributed by atoms with Crippen molar-refractivity contribution in [2.45, 2.75) is 44.2 Å². The van der Waals surface area contributed by atoms with Gasteiger partial charge in [0.2, 0.25) is 5.95 Å². The minimum atomic E-state index is 0.108. The second-order valence-corrected chi connectivity index (χ2v) is 9.08. The first-order valence-corrected chi connectivity index (χ1v) is 11.5. The van der Waals surface area contributed by atoms with Crippen LogP contribution in [0.5, 0.6) is 0 Å². The van der Waals surface area contributed by atoms with Crippen LogP contribution in [-0.2, 0) is 22.3 Å². The van der Waals surface area contributed by atoms with E-state index in [-0.39, 0.29) is 6.04 Å². The van der Waals surface area contributed by atoms with Gasteiger partial charge >= 0.3 is 0 Å². The Bertz CT molecular complexity index is 1270. The zero-order valence-corrected chi connectivity index (χ0v) is 18.9. The normalized spacial score (nSPS) is 19.4. The molecule has 2 N–H and O–H groups in total.